The summed E-state index contributed by atoms with van der Waals surface area (Å²) in [5.74, 6) is 0.799. The van der Waals surface area contributed by atoms with Crippen LogP contribution in [0.2, 0.25) is 0 Å². The van der Waals surface area contributed by atoms with Crippen LogP contribution in [0.5, 0.6) is 5.75 Å². The van der Waals surface area contributed by atoms with Gasteiger partial charge in [0.1, 0.15) is 12.4 Å². The number of rotatable bonds is 6. The molecule has 0 saturated carbocycles. The first-order valence-electron chi connectivity index (χ1n) is 7.43. The van der Waals surface area contributed by atoms with Crippen LogP contribution in [0.25, 0.3) is 10.8 Å². The van der Waals surface area contributed by atoms with Crippen LogP contribution < -0.4 is 10.1 Å². The minimum absolute atomic E-state index is 0.253. The summed E-state index contributed by atoms with van der Waals surface area (Å²) >= 11 is 0. The number of ether oxygens (including phenoxy) is 1. The van der Waals surface area contributed by atoms with E-state index in [4.69, 9.17) is 4.74 Å². The van der Waals surface area contributed by atoms with E-state index in [1.54, 1.807) is 12.4 Å². The summed E-state index contributed by atoms with van der Waals surface area (Å²) < 4.78 is 5.64. The lowest BCUT2D eigenvalue weighted by Crippen LogP contribution is -2.24. The Balaban J connectivity index is 1.58. The molecule has 1 atom stereocenters. The fraction of sp³-hybridized carbons (Fsp3) is 0.222. The van der Waals surface area contributed by atoms with E-state index in [0.29, 0.717) is 6.61 Å². The van der Waals surface area contributed by atoms with Crippen LogP contribution in [0.1, 0.15) is 18.5 Å². The number of aromatic nitrogens is 2. The fourth-order valence-electron chi connectivity index (χ4n) is 2.51. The lowest BCUT2D eigenvalue weighted by molar-refractivity contribution is 0.306. The van der Waals surface area contributed by atoms with Gasteiger partial charge in [0.2, 0.25) is 0 Å². The average molecular weight is 293 g/mol. The monoisotopic (exact) mass is 293 g/mol. The van der Waals surface area contributed by atoms with Gasteiger partial charge in [0.15, 0.2) is 0 Å². The summed E-state index contributed by atoms with van der Waals surface area (Å²) in [6.07, 6.45) is 7.20. The van der Waals surface area contributed by atoms with Gasteiger partial charge in [0.25, 0.3) is 0 Å². The van der Waals surface area contributed by atoms with Gasteiger partial charge < -0.3 is 10.1 Å². The highest BCUT2D eigenvalue weighted by molar-refractivity contribution is 5.85. The van der Waals surface area contributed by atoms with E-state index in [1.807, 2.05) is 24.5 Å². The first-order valence-corrected chi connectivity index (χ1v) is 7.43. The van der Waals surface area contributed by atoms with E-state index in [-0.39, 0.29) is 6.04 Å². The molecule has 22 heavy (non-hydrogen) atoms. The largest absolute Gasteiger partial charge is 0.491 e. The van der Waals surface area contributed by atoms with Crippen molar-refractivity contribution in [1.82, 2.24) is 15.3 Å². The maximum atomic E-state index is 5.64. The zero-order chi connectivity index (χ0) is 15.2. The van der Waals surface area contributed by atoms with Gasteiger partial charge in [-0.1, -0.05) is 18.2 Å². The molecule has 1 unspecified atom stereocenters. The Morgan fingerprint density at radius 1 is 1.05 bits per heavy atom. The molecule has 0 amide bonds. The van der Waals surface area contributed by atoms with E-state index >= 15 is 0 Å². The number of benzene rings is 1. The number of fused-ring (bicyclic) bond motifs is 1. The van der Waals surface area contributed by atoms with Crippen molar-refractivity contribution in [1.29, 1.82) is 0 Å². The van der Waals surface area contributed by atoms with Crippen LogP contribution in [0.4, 0.5) is 0 Å². The predicted molar refractivity (Wildman–Crippen MR) is 87.9 cm³/mol. The topological polar surface area (TPSA) is 47.0 Å². The van der Waals surface area contributed by atoms with Crippen LogP contribution in [-0.4, -0.2) is 23.1 Å². The van der Waals surface area contributed by atoms with Crippen LogP contribution in [0.15, 0.2) is 61.2 Å². The maximum absolute atomic E-state index is 5.64. The number of nitrogens with one attached hydrogen (secondary N) is 1. The molecule has 112 valence electrons. The third kappa shape index (κ3) is 3.40. The molecule has 1 N–H and O–H groups in total. The Kier molecular flexibility index (Phi) is 4.61. The highest BCUT2D eigenvalue weighted by atomic mass is 16.5. The lowest BCUT2D eigenvalue weighted by atomic mass is 10.0. The average Bonchev–Trinajstić information content (AvgIpc) is 2.59. The van der Waals surface area contributed by atoms with Gasteiger partial charge in [-0.25, -0.2) is 0 Å². The van der Waals surface area contributed by atoms with E-state index in [1.165, 1.54) is 16.3 Å². The smallest absolute Gasteiger partial charge is 0.137 e. The number of nitrogens with zero attached hydrogens (tertiary/aromatic N) is 2. The minimum atomic E-state index is 0.253. The molecule has 4 heteroatoms. The third-order valence-electron chi connectivity index (χ3n) is 3.64. The standard InChI is InChI=1S/C18H19N3O/c1-14(21-10-11-22-16-5-3-8-19-13-16)17-6-2-4-15-12-20-9-7-18(15)17/h2-9,12-14,21H,10-11H2,1H3. The first-order chi connectivity index (χ1) is 10.8. The Labute approximate surface area is 130 Å². The highest BCUT2D eigenvalue weighted by Gasteiger charge is 2.08. The zero-order valence-electron chi connectivity index (χ0n) is 12.6. The summed E-state index contributed by atoms with van der Waals surface area (Å²) in [6.45, 7) is 3.55. The molecule has 0 bridgehead atoms. The molecular formula is C18H19N3O. The van der Waals surface area contributed by atoms with Crippen molar-refractivity contribution in [2.45, 2.75) is 13.0 Å². The van der Waals surface area contributed by atoms with Crippen molar-refractivity contribution in [3.63, 3.8) is 0 Å². The molecule has 3 aromatic rings. The van der Waals surface area contributed by atoms with Gasteiger partial charge in [0.05, 0.1) is 6.20 Å². The summed E-state index contributed by atoms with van der Waals surface area (Å²) in [6, 6.07) is 12.4. The molecule has 0 aliphatic rings. The zero-order valence-corrected chi connectivity index (χ0v) is 12.6. The van der Waals surface area contributed by atoms with Crippen molar-refractivity contribution >= 4 is 10.8 Å². The molecule has 1 aromatic carbocycles. The molecular weight excluding hydrogens is 274 g/mol. The Morgan fingerprint density at radius 3 is 2.82 bits per heavy atom. The van der Waals surface area contributed by atoms with Crippen molar-refractivity contribution in [2.24, 2.45) is 0 Å². The summed E-state index contributed by atoms with van der Waals surface area (Å²) in [7, 11) is 0. The second-order valence-corrected chi connectivity index (χ2v) is 5.16. The molecule has 0 radical (unpaired) electrons. The second-order valence-electron chi connectivity index (χ2n) is 5.16. The Hall–Kier alpha value is -2.46. The SMILES string of the molecule is CC(NCCOc1cccnc1)c1cccc2cnccc12. The number of hydrogen-bond acceptors (Lipinski definition) is 4. The molecule has 3 rings (SSSR count). The van der Waals surface area contributed by atoms with Crippen LogP contribution in [0.3, 0.4) is 0 Å². The maximum Gasteiger partial charge on any atom is 0.137 e. The van der Waals surface area contributed by atoms with Crippen molar-refractivity contribution < 1.29 is 4.74 Å². The molecule has 0 fully saturated rings. The molecule has 0 saturated heterocycles. The molecule has 0 spiro atoms. The van der Waals surface area contributed by atoms with E-state index in [9.17, 15) is 0 Å². The second kappa shape index (κ2) is 7.00. The van der Waals surface area contributed by atoms with Crippen molar-refractivity contribution in [2.75, 3.05) is 13.2 Å². The summed E-state index contributed by atoms with van der Waals surface area (Å²) in [4.78, 5) is 8.20. The first kappa shape index (κ1) is 14.5. The van der Waals surface area contributed by atoms with Crippen molar-refractivity contribution in [3.05, 3.63) is 66.7 Å². The third-order valence-corrected chi connectivity index (χ3v) is 3.64. The van der Waals surface area contributed by atoms with Gasteiger partial charge >= 0.3 is 0 Å². The van der Waals surface area contributed by atoms with E-state index in [2.05, 4.69) is 46.5 Å². The number of pyridine rings is 2. The van der Waals surface area contributed by atoms with Gasteiger partial charge in [-0.15, -0.1) is 0 Å². The minimum Gasteiger partial charge on any atom is -0.491 e. The van der Waals surface area contributed by atoms with Gasteiger partial charge in [-0.05, 0) is 36.1 Å². The predicted octanol–water partition coefficient (Wildman–Crippen LogP) is 3.36. The summed E-state index contributed by atoms with van der Waals surface area (Å²) in [5, 5.41) is 5.90. The molecule has 0 aliphatic carbocycles. The molecule has 4 nitrogen and oxygen atoms in total. The molecule has 2 heterocycles. The normalized spacial score (nSPS) is 12.2. The van der Waals surface area contributed by atoms with Crippen LogP contribution in [0, 0.1) is 0 Å². The van der Waals surface area contributed by atoms with E-state index < -0.39 is 0 Å². The van der Waals surface area contributed by atoms with Gasteiger partial charge in [0, 0.05) is 36.6 Å². The Morgan fingerprint density at radius 2 is 1.95 bits per heavy atom. The fourth-order valence-corrected chi connectivity index (χ4v) is 2.51. The van der Waals surface area contributed by atoms with Crippen molar-refractivity contribution in [3.8, 4) is 5.75 Å². The van der Waals surface area contributed by atoms with Gasteiger partial charge in [-0.2, -0.15) is 0 Å². The molecule has 2 aromatic heterocycles. The van der Waals surface area contributed by atoms with Crippen LogP contribution in [-0.2, 0) is 0 Å². The highest BCUT2D eigenvalue weighted by Crippen LogP contribution is 2.23. The number of hydrogen-bond donors (Lipinski definition) is 1. The molecule has 0 aliphatic heterocycles. The lowest BCUT2D eigenvalue weighted by Gasteiger charge is -2.16. The summed E-state index contributed by atoms with van der Waals surface area (Å²) in [5.41, 5.74) is 1.28. The van der Waals surface area contributed by atoms with Gasteiger partial charge in [-0.3, -0.25) is 9.97 Å². The Bertz CT molecular complexity index is 725. The van der Waals surface area contributed by atoms with Crippen LogP contribution >= 0.6 is 0 Å². The quantitative estimate of drug-likeness (QED) is 0.708. The van der Waals surface area contributed by atoms with E-state index in [0.717, 1.165) is 12.3 Å².